The first-order valence-corrected chi connectivity index (χ1v) is 9.54. The summed E-state index contributed by atoms with van der Waals surface area (Å²) in [6.07, 6.45) is -3.35. The van der Waals surface area contributed by atoms with Gasteiger partial charge >= 0.3 is 6.18 Å². The van der Waals surface area contributed by atoms with E-state index in [-0.39, 0.29) is 28.1 Å². The lowest BCUT2D eigenvalue weighted by Gasteiger charge is -2.11. The number of amides is 1. The second kappa shape index (κ2) is 8.57. The number of rotatable bonds is 7. The molecule has 152 valence electrons. The molecular formula is C17H18F3N3O4S. The lowest BCUT2D eigenvalue weighted by molar-refractivity contribution is -0.154. The van der Waals surface area contributed by atoms with Crippen molar-refractivity contribution < 1.29 is 31.1 Å². The first-order valence-electron chi connectivity index (χ1n) is 8.05. The lowest BCUT2D eigenvalue weighted by atomic mass is 10.2. The van der Waals surface area contributed by atoms with Gasteiger partial charge in [0.2, 0.25) is 15.9 Å². The molecule has 2 N–H and O–H groups in total. The first-order chi connectivity index (χ1) is 13.0. The average molecular weight is 417 g/mol. The number of nitrogens with one attached hydrogen (secondary N) is 2. The molecular weight excluding hydrogens is 399 g/mol. The highest BCUT2D eigenvalue weighted by molar-refractivity contribution is 7.89. The maximum absolute atomic E-state index is 12.3. The maximum atomic E-state index is 12.3. The van der Waals surface area contributed by atoms with E-state index in [4.69, 9.17) is 0 Å². The van der Waals surface area contributed by atoms with E-state index in [1.54, 1.807) is 13.8 Å². The minimum absolute atomic E-state index is 0.0668. The molecule has 7 nitrogen and oxygen atoms in total. The Morgan fingerprint density at radius 2 is 1.93 bits per heavy atom. The molecule has 2 aromatic rings. The van der Waals surface area contributed by atoms with Gasteiger partial charge in [-0.25, -0.2) is 18.1 Å². The number of carbonyl (C=O) groups is 1. The predicted molar refractivity (Wildman–Crippen MR) is 95.6 cm³/mol. The van der Waals surface area contributed by atoms with Crippen LogP contribution in [-0.4, -0.2) is 38.1 Å². The van der Waals surface area contributed by atoms with Crippen LogP contribution in [0.1, 0.15) is 24.2 Å². The summed E-state index contributed by atoms with van der Waals surface area (Å²) in [5.74, 6) is -0.851. The number of alkyl halides is 3. The summed E-state index contributed by atoms with van der Waals surface area (Å²) in [4.78, 5) is 15.9. The van der Waals surface area contributed by atoms with Crippen molar-refractivity contribution in [3.8, 4) is 5.88 Å². The highest BCUT2D eigenvalue weighted by atomic mass is 32.2. The van der Waals surface area contributed by atoms with Crippen molar-refractivity contribution in [3.63, 3.8) is 0 Å². The Kier molecular flexibility index (Phi) is 6.62. The van der Waals surface area contributed by atoms with Gasteiger partial charge in [-0.2, -0.15) is 13.2 Å². The molecule has 0 unspecified atom stereocenters. The number of halogens is 3. The topological polar surface area (TPSA) is 97.4 Å². The van der Waals surface area contributed by atoms with Gasteiger partial charge in [-0.1, -0.05) is 6.07 Å². The molecule has 1 heterocycles. The van der Waals surface area contributed by atoms with Gasteiger partial charge < -0.3 is 10.1 Å². The van der Waals surface area contributed by atoms with Crippen molar-refractivity contribution >= 4 is 21.6 Å². The summed E-state index contributed by atoms with van der Waals surface area (Å²) >= 11 is 0. The van der Waals surface area contributed by atoms with Crippen LogP contribution < -0.4 is 14.8 Å². The van der Waals surface area contributed by atoms with Crippen LogP contribution in [-0.2, 0) is 10.0 Å². The van der Waals surface area contributed by atoms with Crippen molar-refractivity contribution in [2.24, 2.45) is 0 Å². The Hall–Kier alpha value is -2.66. The van der Waals surface area contributed by atoms with Crippen molar-refractivity contribution in [2.75, 3.05) is 11.9 Å². The van der Waals surface area contributed by atoms with Gasteiger partial charge in [-0.15, -0.1) is 0 Å². The van der Waals surface area contributed by atoms with Crippen molar-refractivity contribution in [3.05, 3.63) is 48.2 Å². The van der Waals surface area contributed by atoms with Crippen molar-refractivity contribution in [1.29, 1.82) is 0 Å². The standard InChI is InChI=1S/C17H18F3N3O4S/c1-11(2)23-28(25,26)14-5-3-4-12(8-14)16(24)22-13-6-7-15(21-9-13)27-10-17(18,19)20/h3-9,11,23H,10H2,1-2H3,(H,22,24). The summed E-state index contributed by atoms with van der Waals surface area (Å²) in [6.45, 7) is 1.86. The maximum Gasteiger partial charge on any atom is 0.422 e. The second-order valence-electron chi connectivity index (χ2n) is 6.05. The zero-order chi connectivity index (χ0) is 20.9. The summed E-state index contributed by atoms with van der Waals surface area (Å²) in [7, 11) is -3.76. The zero-order valence-electron chi connectivity index (χ0n) is 14.9. The third kappa shape index (κ3) is 6.50. The molecule has 1 aromatic carbocycles. The fourth-order valence-corrected chi connectivity index (χ4v) is 3.38. The van der Waals surface area contributed by atoms with Gasteiger partial charge in [-0.05, 0) is 38.1 Å². The van der Waals surface area contributed by atoms with Gasteiger partial charge in [0.15, 0.2) is 6.61 Å². The van der Waals surface area contributed by atoms with Crippen LogP contribution in [0.25, 0.3) is 0 Å². The number of pyridine rings is 1. The number of anilines is 1. The number of ether oxygens (including phenoxy) is 1. The molecule has 0 radical (unpaired) electrons. The van der Waals surface area contributed by atoms with E-state index >= 15 is 0 Å². The molecule has 0 fully saturated rings. The third-order valence-electron chi connectivity index (χ3n) is 3.18. The van der Waals surface area contributed by atoms with E-state index < -0.39 is 28.7 Å². The predicted octanol–water partition coefficient (Wildman–Crippen LogP) is 2.96. The number of nitrogens with zero attached hydrogens (tertiary/aromatic N) is 1. The second-order valence-corrected chi connectivity index (χ2v) is 7.76. The largest absolute Gasteiger partial charge is 0.468 e. The number of aromatic nitrogens is 1. The van der Waals surface area contributed by atoms with Crippen LogP contribution in [0.5, 0.6) is 5.88 Å². The summed E-state index contributed by atoms with van der Waals surface area (Å²) < 4.78 is 67.6. The van der Waals surface area contributed by atoms with E-state index in [0.717, 1.165) is 6.20 Å². The summed E-state index contributed by atoms with van der Waals surface area (Å²) in [5, 5.41) is 2.48. The van der Waals surface area contributed by atoms with Crippen LogP contribution in [0.3, 0.4) is 0 Å². The Bertz CT molecular complexity index is 929. The van der Waals surface area contributed by atoms with Crippen LogP contribution in [0.4, 0.5) is 18.9 Å². The van der Waals surface area contributed by atoms with Crippen LogP contribution >= 0.6 is 0 Å². The minimum Gasteiger partial charge on any atom is -0.468 e. The fraction of sp³-hybridized carbons (Fsp3) is 0.294. The number of carbonyl (C=O) groups excluding carboxylic acids is 1. The molecule has 0 saturated heterocycles. The molecule has 1 aromatic heterocycles. The Morgan fingerprint density at radius 3 is 2.50 bits per heavy atom. The Balaban J connectivity index is 2.08. The van der Waals surface area contributed by atoms with Gasteiger partial charge in [0.25, 0.3) is 5.91 Å². The third-order valence-corrected chi connectivity index (χ3v) is 4.83. The lowest BCUT2D eigenvalue weighted by Crippen LogP contribution is -2.30. The van der Waals surface area contributed by atoms with Crippen molar-refractivity contribution in [2.45, 2.75) is 31.0 Å². The van der Waals surface area contributed by atoms with E-state index in [1.807, 2.05) is 0 Å². The fourth-order valence-electron chi connectivity index (χ4n) is 2.08. The normalized spacial score (nSPS) is 12.1. The molecule has 2 rings (SSSR count). The SMILES string of the molecule is CC(C)NS(=O)(=O)c1cccc(C(=O)Nc2ccc(OCC(F)(F)F)nc2)c1. The quantitative estimate of drug-likeness (QED) is 0.722. The first kappa shape index (κ1) is 21.6. The zero-order valence-corrected chi connectivity index (χ0v) is 15.8. The summed E-state index contributed by atoms with van der Waals surface area (Å²) in [6, 6.07) is 7.61. The Morgan fingerprint density at radius 1 is 1.21 bits per heavy atom. The van der Waals surface area contributed by atoms with E-state index in [2.05, 4.69) is 19.8 Å². The molecule has 0 saturated carbocycles. The monoisotopic (exact) mass is 417 g/mol. The Labute approximate surface area is 160 Å². The molecule has 11 heteroatoms. The molecule has 0 aliphatic heterocycles. The molecule has 0 aliphatic rings. The number of hydrogen-bond donors (Lipinski definition) is 2. The van der Waals surface area contributed by atoms with E-state index in [1.165, 1.54) is 36.4 Å². The molecule has 1 amide bonds. The van der Waals surface area contributed by atoms with Crippen LogP contribution in [0.2, 0.25) is 0 Å². The van der Waals surface area contributed by atoms with Crippen molar-refractivity contribution in [1.82, 2.24) is 9.71 Å². The number of sulfonamides is 1. The van der Waals surface area contributed by atoms with E-state index in [9.17, 15) is 26.4 Å². The smallest absolute Gasteiger partial charge is 0.422 e. The van der Waals surface area contributed by atoms with Crippen LogP contribution in [0.15, 0.2) is 47.5 Å². The van der Waals surface area contributed by atoms with E-state index in [0.29, 0.717) is 0 Å². The highest BCUT2D eigenvalue weighted by Crippen LogP contribution is 2.19. The van der Waals surface area contributed by atoms with Gasteiger partial charge in [0, 0.05) is 17.7 Å². The molecule has 0 aliphatic carbocycles. The average Bonchev–Trinajstić information content (AvgIpc) is 2.59. The summed E-state index contributed by atoms with van der Waals surface area (Å²) in [5.41, 5.74) is 0.293. The van der Waals surface area contributed by atoms with Gasteiger partial charge in [0.05, 0.1) is 16.8 Å². The molecule has 0 spiro atoms. The highest BCUT2D eigenvalue weighted by Gasteiger charge is 2.28. The molecule has 28 heavy (non-hydrogen) atoms. The van der Waals surface area contributed by atoms with Crippen LogP contribution in [0, 0.1) is 0 Å². The number of hydrogen-bond acceptors (Lipinski definition) is 5. The molecule has 0 bridgehead atoms. The van der Waals surface area contributed by atoms with Gasteiger partial charge in [-0.3, -0.25) is 4.79 Å². The number of benzene rings is 1. The van der Waals surface area contributed by atoms with Gasteiger partial charge in [0.1, 0.15) is 0 Å². The minimum atomic E-state index is -4.48. The molecule has 0 atom stereocenters.